The normalized spacial score (nSPS) is 11.3. The van der Waals surface area contributed by atoms with Crippen molar-refractivity contribution >= 4 is 28.5 Å². The van der Waals surface area contributed by atoms with Crippen LogP contribution in [-0.2, 0) is 0 Å². The number of nitrogens with one attached hydrogen (secondary N) is 1. The van der Waals surface area contributed by atoms with Gasteiger partial charge < -0.3 is 5.32 Å². The van der Waals surface area contributed by atoms with Crippen LogP contribution >= 0.6 is 22.6 Å². The second kappa shape index (κ2) is 4.47. The Bertz CT molecular complexity index is 385. The average Bonchev–Trinajstić information content (AvgIpc) is 2.06. The molecule has 0 atom stereocenters. The molecule has 0 heterocycles. The monoisotopic (exact) mass is 321 g/mol. The van der Waals surface area contributed by atoms with Crippen molar-refractivity contribution in [3.05, 3.63) is 33.1 Å². The molecular formula is C11H13FINO. The van der Waals surface area contributed by atoms with E-state index in [0.29, 0.717) is 5.56 Å². The summed E-state index contributed by atoms with van der Waals surface area (Å²) in [6, 6.07) is 4.19. The molecule has 1 aromatic carbocycles. The van der Waals surface area contributed by atoms with Crippen LogP contribution in [0.5, 0.6) is 0 Å². The number of halogens is 2. The molecule has 1 N–H and O–H groups in total. The van der Waals surface area contributed by atoms with Crippen LogP contribution in [0.3, 0.4) is 0 Å². The van der Waals surface area contributed by atoms with Crippen molar-refractivity contribution in [1.82, 2.24) is 5.32 Å². The minimum atomic E-state index is -0.394. The van der Waals surface area contributed by atoms with E-state index < -0.39 is 5.82 Å². The molecule has 1 aromatic rings. The van der Waals surface area contributed by atoms with Gasteiger partial charge in [0.25, 0.3) is 5.91 Å². The number of rotatable bonds is 1. The number of amides is 1. The number of hydrogen-bond donors (Lipinski definition) is 1. The fourth-order valence-electron chi connectivity index (χ4n) is 1.08. The Balaban J connectivity index is 2.96. The summed E-state index contributed by atoms with van der Waals surface area (Å²) in [5.41, 5.74) is 0.0671. The summed E-state index contributed by atoms with van der Waals surface area (Å²) < 4.78 is 13.7. The van der Waals surface area contributed by atoms with Gasteiger partial charge in [0.1, 0.15) is 5.82 Å². The van der Waals surface area contributed by atoms with E-state index in [1.807, 2.05) is 43.4 Å². The van der Waals surface area contributed by atoms with Crippen LogP contribution in [0.1, 0.15) is 31.1 Å². The topological polar surface area (TPSA) is 29.1 Å². The fraction of sp³-hybridized carbons (Fsp3) is 0.364. The molecule has 4 heteroatoms. The molecule has 15 heavy (non-hydrogen) atoms. The Kier molecular flexibility index (Phi) is 3.70. The van der Waals surface area contributed by atoms with Crippen molar-refractivity contribution in [2.24, 2.45) is 0 Å². The van der Waals surface area contributed by atoms with Gasteiger partial charge in [-0.3, -0.25) is 4.79 Å². The van der Waals surface area contributed by atoms with Crippen molar-refractivity contribution < 1.29 is 9.18 Å². The molecule has 0 saturated carbocycles. The minimum Gasteiger partial charge on any atom is -0.347 e. The van der Waals surface area contributed by atoms with Gasteiger partial charge in [-0.25, -0.2) is 4.39 Å². The molecule has 1 amide bonds. The van der Waals surface area contributed by atoms with Gasteiger partial charge >= 0.3 is 0 Å². The highest BCUT2D eigenvalue weighted by molar-refractivity contribution is 14.1. The summed E-state index contributed by atoms with van der Waals surface area (Å²) >= 11 is 2.02. The molecule has 0 aromatic heterocycles. The molecule has 0 radical (unpaired) electrons. The standard InChI is InChI=1S/C11H13FINO/c1-11(2,3)14-10(15)8-6-7(12)4-5-9(8)13/h4-6H,1-3H3,(H,14,15). The van der Waals surface area contributed by atoms with Gasteiger partial charge in [0.05, 0.1) is 5.56 Å². The van der Waals surface area contributed by atoms with Gasteiger partial charge in [0, 0.05) is 9.11 Å². The van der Waals surface area contributed by atoms with Gasteiger partial charge in [-0.05, 0) is 61.6 Å². The summed E-state index contributed by atoms with van der Waals surface area (Å²) in [7, 11) is 0. The van der Waals surface area contributed by atoms with Crippen molar-refractivity contribution in [2.75, 3.05) is 0 Å². The fourth-order valence-corrected chi connectivity index (χ4v) is 1.66. The largest absolute Gasteiger partial charge is 0.347 e. The van der Waals surface area contributed by atoms with Crippen LogP contribution in [-0.4, -0.2) is 11.4 Å². The molecule has 0 aliphatic heterocycles. The maximum atomic E-state index is 13.0. The number of hydrogen-bond acceptors (Lipinski definition) is 1. The van der Waals surface area contributed by atoms with Crippen LogP contribution in [0.15, 0.2) is 18.2 Å². The van der Waals surface area contributed by atoms with Crippen LogP contribution in [0, 0.1) is 9.39 Å². The number of carbonyl (C=O) groups is 1. The third-order valence-corrected chi connectivity index (χ3v) is 2.60. The molecule has 0 aliphatic carbocycles. The SMILES string of the molecule is CC(C)(C)NC(=O)c1cc(F)ccc1I. The van der Waals surface area contributed by atoms with Crippen LogP contribution < -0.4 is 5.32 Å². The third-order valence-electron chi connectivity index (χ3n) is 1.66. The molecule has 1 rings (SSSR count). The van der Waals surface area contributed by atoms with E-state index in [-0.39, 0.29) is 11.4 Å². The summed E-state index contributed by atoms with van der Waals surface area (Å²) in [6.07, 6.45) is 0. The Morgan fingerprint density at radius 3 is 2.53 bits per heavy atom. The first-order valence-corrected chi connectivity index (χ1v) is 5.65. The van der Waals surface area contributed by atoms with Crippen molar-refractivity contribution in [3.8, 4) is 0 Å². The Morgan fingerprint density at radius 1 is 1.40 bits per heavy atom. The van der Waals surface area contributed by atoms with Gasteiger partial charge in [0.15, 0.2) is 0 Å². The zero-order chi connectivity index (χ0) is 11.6. The van der Waals surface area contributed by atoms with Crippen molar-refractivity contribution in [2.45, 2.75) is 26.3 Å². The molecular weight excluding hydrogens is 308 g/mol. The molecule has 0 bridgehead atoms. The zero-order valence-corrected chi connectivity index (χ0v) is 11.1. The lowest BCUT2D eigenvalue weighted by atomic mass is 10.1. The van der Waals surface area contributed by atoms with Gasteiger partial charge in [-0.15, -0.1) is 0 Å². The van der Waals surface area contributed by atoms with E-state index >= 15 is 0 Å². The molecule has 2 nitrogen and oxygen atoms in total. The number of benzene rings is 1. The lowest BCUT2D eigenvalue weighted by Crippen LogP contribution is -2.40. The minimum absolute atomic E-state index is 0.244. The number of carbonyl (C=O) groups excluding carboxylic acids is 1. The third kappa shape index (κ3) is 3.77. The van der Waals surface area contributed by atoms with Crippen molar-refractivity contribution in [3.63, 3.8) is 0 Å². The van der Waals surface area contributed by atoms with Gasteiger partial charge in [-0.1, -0.05) is 0 Å². The lowest BCUT2D eigenvalue weighted by Gasteiger charge is -2.20. The first-order valence-electron chi connectivity index (χ1n) is 4.57. The second-order valence-corrected chi connectivity index (χ2v) is 5.49. The quantitative estimate of drug-likeness (QED) is 0.792. The smallest absolute Gasteiger partial charge is 0.252 e. The second-order valence-electron chi connectivity index (χ2n) is 4.33. The maximum absolute atomic E-state index is 13.0. The molecule has 0 saturated heterocycles. The maximum Gasteiger partial charge on any atom is 0.252 e. The summed E-state index contributed by atoms with van der Waals surface area (Å²) in [4.78, 5) is 11.8. The zero-order valence-electron chi connectivity index (χ0n) is 8.90. The highest BCUT2D eigenvalue weighted by Crippen LogP contribution is 2.14. The average molecular weight is 321 g/mol. The first-order chi connectivity index (χ1) is 6.79. The summed E-state index contributed by atoms with van der Waals surface area (Å²) in [6.45, 7) is 5.66. The van der Waals surface area contributed by atoms with Crippen molar-refractivity contribution in [1.29, 1.82) is 0 Å². The molecule has 0 fully saturated rings. The van der Waals surface area contributed by atoms with Crippen LogP contribution in [0.25, 0.3) is 0 Å². The Hall–Kier alpha value is -0.650. The van der Waals surface area contributed by atoms with E-state index in [9.17, 15) is 9.18 Å². The van der Waals surface area contributed by atoms with E-state index in [4.69, 9.17) is 0 Å². The summed E-state index contributed by atoms with van der Waals surface area (Å²) in [5, 5.41) is 2.79. The van der Waals surface area contributed by atoms with Crippen LogP contribution in [0.2, 0.25) is 0 Å². The summed E-state index contributed by atoms with van der Waals surface area (Å²) in [5.74, 6) is -0.638. The molecule has 0 aliphatic rings. The Morgan fingerprint density at radius 2 is 2.00 bits per heavy atom. The van der Waals surface area contributed by atoms with Crippen LogP contribution in [0.4, 0.5) is 4.39 Å². The highest BCUT2D eigenvalue weighted by atomic mass is 127. The first kappa shape index (κ1) is 12.4. The molecule has 0 spiro atoms. The van der Waals surface area contributed by atoms with E-state index in [0.717, 1.165) is 3.57 Å². The predicted molar refractivity (Wildman–Crippen MR) is 66.3 cm³/mol. The lowest BCUT2D eigenvalue weighted by molar-refractivity contribution is 0.0918. The van der Waals surface area contributed by atoms with Gasteiger partial charge in [0.2, 0.25) is 0 Å². The van der Waals surface area contributed by atoms with E-state index in [1.165, 1.54) is 12.1 Å². The highest BCUT2D eigenvalue weighted by Gasteiger charge is 2.17. The Labute approximate surface area is 102 Å². The molecule has 82 valence electrons. The van der Waals surface area contributed by atoms with Gasteiger partial charge in [-0.2, -0.15) is 0 Å². The van der Waals surface area contributed by atoms with E-state index in [2.05, 4.69) is 5.32 Å². The predicted octanol–water partition coefficient (Wildman–Crippen LogP) is 2.96. The van der Waals surface area contributed by atoms with E-state index in [1.54, 1.807) is 6.07 Å². The molecule has 0 unspecified atom stereocenters.